The van der Waals surface area contributed by atoms with Crippen molar-refractivity contribution in [2.75, 3.05) is 10.7 Å². The molecule has 0 bridgehead atoms. The Balaban J connectivity index is 2.34. The maximum Gasteiger partial charge on any atom is 0.135 e. The van der Waals surface area contributed by atoms with E-state index in [0.717, 1.165) is 33.3 Å². The molecule has 0 aliphatic carbocycles. The monoisotopic (exact) mass is 412 g/mol. The fourth-order valence-electron chi connectivity index (χ4n) is 2.38. The molecule has 3 rings (SSSR count). The van der Waals surface area contributed by atoms with Crippen LogP contribution in [0.25, 0.3) is 11.1 Å². The summed E-state index contributed by atoms with van der Waals surface area (Å²) >= 11 is 13.3. The molecule has 102 valence electrons. The molecule has 20 heavy (non-hydrogen) atoms. The van der Waals surface area contributed by atoms with Crippen LogP contribution in [0.5, 0.6) is 11.5 Å². The van der Waals surface area contributed by atoms with Crippen molar-refractivity contribution < 1.29 is 4.74 Å². The summed E-state index contributed by atoms with van der Waals surface area (Å²) in [5.74, 6) is 1.72. The summed E-state index contributed by atoms with van der Waals surface area (Å²) in [5, 5.41) is 2.23. The maximum atomic E-state index is 6.15. The van der Waals surface area contributed by atoms with Crippen LogP contribution in [-0.4, -0.2) is 10.7 Å². The van der Waals surface area contributed by atoms with E-state index in [9.17, 15) is 0 Å². The van der Waals surface area contributed by atoms with Gasteiger partial charge >= 0.3 is 0 Å². The van der Waals surface area contributed by atoms with Gasteiger partial charge in [0.25, 0.3) is 0 Å². The Morgan fingerprint density at radius 2 is 1.50 bits per heavy atom. The zero-order valence-corrected chi connectivity index (χ0v) is 14.4. The SMILES string of the molecule is Clc1ccc2c(c1)C(CBr)=C(CBr)c1ccccc1O2. The van der Waals surface area contributed by atoms with Crippen LogP contribution < -0.4 is 4.74 Å². The first-order chi connectivity index (χ1) is 9.74. The highest BCUT2D eigenvalue weighted by Crippen LogP contribution is 2.44. The highest BCUT2D eigenvalue weighted by Gasteiger charge is 2.21. The molecule has 0 fully saturated rings. The number of para-hydroxylation sites is 1. The van der Waals surface area contributed by atoms with Crippen LogP contribution in [0.3, 0.4) is 0 Å². The van der Waals surface area contributed by atoms with Gasteiger partial charge in [-0.2, -0.15) is 0 Å². The van der Waals surface area contributed by atoms with E-state index in [1.54, 1.807) is 0 Å². The molecule has 1 nitrogen and oxygen atoms in total. The van der Waals surface area contributed by atoms with Crippen LogP contribution in [0, 0.1) is 0 Å². The highest BCUT2D eigenvalue weighted by atomic mass is 79.9. The summed E-state index contributed by atoms with van der Waals surface area (Å²) < 4.78 is 6.08. The highest BCUT2D eigenvalue weighted by molar-refractivity contribution is 9.09. The van der Waals surface area contributed by atoms with Crippen LogP contribution in [0.15, 0.2) is 42.5 Å². The Kier molecular flexibility index (Phi) is 4.20. The molecule has 2 aromatic rings. The first-order valence-corrected chi connectivity index (χ1v) is 8.78. The van der Waals surface area contributed by atoms with E-state index in [0.29, 0.717) is 5.02 Å². The van der Waals surface area contributed by atoms with Crippen LogP contribution in [0.1, 0.15) is 11.1 Å². The number of alkyl halides is 2. The minimum Gasteiger partial charge on any atom is -0.456 e. The average Bonchev–Trinajstić information content (AvgIpc) is 2.60. The predicted molar refractivity (Wildman–Crippen MR) is 92.4 cm³/mol. The van der Waals surface area contributed by atoms with Crippen molar-refractivity contribution in [2.24, 2.45) is 0 Å². The van der Waals surface area contributed by atoms with Crippen LogP contribution in [0.4, 0.5) is 0 Å². The van der Waals surface area contributed by atoms with Gasteiger partial charge in [0.05, 0.1) is 0 Å². The third-order valence-electron chi connectivity index (χ3n) is 3.33. The fraction of sp³-hybridized carbons (Fsp3) is 0.125. The first kappa shape index (κ1) is 14.2. The summed E-state index contributed by atoms with van der Waals surface area (Å²) in [6.45, 7) is 0. The predicted octanol–water partition coefficient (Wildman–Crippen LogP) is 6.15. The summed E-state index contributed by atoms with van der Waals surface area (Å²) in [5.41, 5.74) is 4.58. The van der Waals surface area contributed by atoms with E-state index in [-0.39, 0.29) is 0 Å². The lowest BCUT2D eigenvalue weighted by molar-refractivity contribution is 0.481. The van der Waals surface area contributed by atoms with Gasteiger partial charge in [-0.05, 0) is 35.4 Å². The first-order valence-electron chi connectivity index (χ1n) is 6.15. The van der Waals surface area contributed by atoms with Crippen molar-refractivity contribution in [3.05, 3.63) is 58.6 Å². The Labute approximate surface area is 139 Å². The van der Waals surface area contributed by atoms with Gasteiger partial charge in [0.15, 0.2) is 0 Å². The summed E-state index contributed by atoms with van der Waals surface area (Å²) in [6, 6.07) is 13.8. The molecule has 0 saturated heterocycles. The Bertz CT molecular complexity index is 695. The number of ether oxygens (including phenoxy) is 1. The van der Waals surface area contributed by atoms with E-state index >= 15 is 0 Å². The van der Waals surface area contributed by atoms with E-state index in [1.807, 2.05) is 36.4 Å². The lowest BCUT2D eigenvalue weighted by Gasteiger charge is -2.11. The maximum absolute atomic E-state index is 6.15. The van der Waals surface area contributed by atoms with Gasteiger partial charge < -0.3 is 4.74 Å². The molecule has 0 radical (unpaired) electrons. The zero-order valence-electron chi connectivity index (χ0n) is 10.5. The lowest BCUT2D eigenvalue weighted by atomic mass is 9.97. The second-order valence-electron chi connectivity index (χ2n) is 4.46. The van der Waals surface area contributed by atoms with E-state index in [2.05, 4.69) is 37.9 Å². The topological polar surface area (TPSA) is 9.23 Å². The molecule has 1 heterocycles. The molecule has 0 amide bonds. The Morgan fingerprint density at radius 1 is 0.850 bits per heavy atom. The summed E-state index contributed by atoms with van der Waals surface area (Å²) in [4.78, 5) is 0. The number of halogens is 3. The molecule has 0 saturated carbocycles. The van der Waals surface area contributed by atoms with Crippen molar-refractivity contribution in [1.29, 1.82) is 0 Å². The number of benzene rings is 2. The smallest absolute Gasteiger partial charge is 0.135 e. The number of fused-ring (bicyclic) bond motifs is 2. The van der Waals surface area contributed by atoms with Gasteiger partial charge in [-0.1, -0.05) is 61.7 Å². The quantitative estimate of drug-likeness (QED) is 0.536. The summed E-state index contributed by atoms with van der Waals surface area (Å²) in [7, 11) is 0. The fourth-order valence-corrected chi connectivity index (χ4v) is 3.83. The minimum absolute atomic E-state index is 0.714. The van der Waals surface area contributed by atoms with E-state index in [4.69, 9.17) is 16.3 Å². The second-order valence-corrected chi connectivity index (χ2v) is 6.02. The molecule has 0 N–H and O–H groups in total. The van der Waals surface area contributed by atoms with Crippen LogP contribution >= 0.6 is 43.5 Å². The number of rotatable bonds is 2. The molecule has 0 aromatic heterocycles. The van der Waals surface area contributed by atoms with Crippen molar-refractivity contribution in [3.8, 4) is 11.5 Å². The Hall–Kier alpha value is -0.770. The second kappa shape index (κ2) is 5.92. The largest absolute Gasteiger partial charge is 0.456 e. The van der Waals surface area contributed by atoms with Gasteiger partial charge in [0.2, 0.25) is 0 Å². The molecular formula is C16H11Br2ClO. The third-order valence-corrected chi connectivity index (χ3v) is 4.69. The van der Waals surface area contributed by atoms with Gasteiger partial charge in [-0.15, -0.1) is 0 Å². The van der Waals surface area contributed by atoms with Crippen molar-refractivity contribution in [2.45, 2.75) is 0 Å². The normalized spacial score (nSPS) is 13.3. The molecule has 1 aliphatic heterocycles. The van der Waals surface area contributed by atoms with Gasteiger partial charge in [0, 0.05) is 26.8 Å². The standard InChI is InChI=1S/C16H11Br2ClO/c17-8-13-11-3-1-2-4-15(11)20-16-6-5-10(19)7-12(16)14(13)9-18/h1-7H,8-9H2. The molecule has 0 spiro atoms. The third kappa shape index (κ3) is 2.43. The zero-order chi connectivity index (χ0) is 14.1. The van der Waals surface area contributed by atoms with Gasteiger partial charge in [0.1, 0.15) is 11.5 Å². The van der Waals surface area contributed by atoms with E-state index in [1.165, 1.54) is 11.1 Å². The van der Waals surface area contributed by atoms with E-state index < -0.39 is 0 Å². The molecular weight excluding hydrogens is 403 g/mol. The summed E-state index contributed by atoms with van der Waals surface area (Å²) in [6.07, 6.45) is 0. The number of hydrogen-bond donors (Lipinski definition) is 0. The number of hydrogen-bond acceptors (Lipinski definition) is 1. The number of allylic oxidation sites excluding steroid dienone is 2. The molecule has 0 unspecified atom stereocenters. The Morgan fingerprint density at radius 3 is 2.25 bits per heavy atom. The van der Waals surface area contributed by atoms with Crippen LogP contribution in [0.2, 0.25) is 5.02 Å². The molecule has 4 heteroatoms. The van der Waals surface area contributed by atoms with Gasteiger partial charge in [-0.25, -0.2) is 0 Å². The van der Waals surface area contributed by atoms with Crippen molar-refractivity contribution >= 4 is 54.6 Å². The molecule has 0 atom stereocenters. The molecule has 2 aromatic carbocycles. The van der Waals surface area contributed by atoms with Crippen LogP contribution in [-0.2, 0) is 0 Å². The lowest BCUT2D eigenvalue weighted by Crippen LogP contribution is -1.93. The van der Waals surface area contributed by atoms with Crippen molar-refractivity contribution in [1.82, 2.24) is 0 Å². The average molecular weight is 415 g/mol. The molecule has 1 aliphatic rings. The minimum atomic E-state index is 0.714. The van der Waals surface area contributed by atoms with Gasteiger partial charge in [-0.3, -0.25) is 0 Å². The van der Waals surface area contributed by atoms with Crippen molar-refractivity contribution in [3.63, 3.8) is 0 Å².